The number of nitrogens with one attached hydrogen (secondary N) is 2. The molecule has 9 heteroatoms. The minimum atomic E-state index is -0.534. The number of benzene rings is 1. The van der Waals surface area contributed by atoms with Crippen LogP contribution in [0.2, 0.25) is 0 Å². The van der Waals surface area contributed by atoms with Crippen molar-refractivity contribution < 1.29 is 10.2 Å². The Balaban J connectivity index is 1.95. The summed E-state index contributed by atoms with van der Waals surface area (Å²) in [6.45, 7) is -0.460. The average molecular weight is 391 g/mol. The summed E-state index contributed by atoms with van der Waals surface area (Å²) in [7, 11) is 0. The van der Waals surface area contributed by atoms with E-state index in [9.17, 15) is 0 Å². The molecule has 0 radical (unpaired) electrons. The fraction of sp³-hybridized carbons (Fsp3) is 0.200. The summed E-state index contributed by atoms with van der Waals surface area (Å²) >= 11 is 3.42. The van der Waals surface area contributed by atoms with E-state index in [1.54, 1.807) is 6.20 Å². The number of aromatic nitrogens is 4. The Bertz CT molecular complexity index is 843. The first-order valence-electron chi connectivity index (χ1n) is 7.18. The highest BCUT2D eigenvalue weighted by Crippen LogP contribution is 2.23. The quantitative estimate of drug-likeness (QED) is 0.502. The summed E-state index contributed by atoms with van der Waals surface area (Å²) in [6.07, 6.45) is 2.99. The SMILES string of the molecule is OCC(CO)Nc1ncc2ncnc(Nc3cccc(Br)c3)c2n1. The molecule has 0 bridgehead atoms. The lowest BCUT2D eigenvalue weighted by Crippen LogP contribution is -2.28. The van der Waals surface area contributed by atoms with Crippen LogP contribution in [0, 0.1) is 0 Å². The Morgan fingerprint density at radius 1 is 1.12 bits per heavy atom. The van der Waals surface area contributed by atoms with Crippen LogP contribution in [0.3, 0.4) is 0 Å². The molecule has 2 heterocycles. The molecule has 0 atom stereocenters. The monoisotopic (exact) mass is 390 g/mol. The van der Waals surface area contributed by atoms with Crippen molar-refractivity contribution in [3.8, 4) is 0 Å². The molecule has 0 aliphatic heterocycles. The standard InChI is InChI=1S/C15H15BrN6O2/c16-9-2-1-3-10(4-9)20-14-13-12(18-8-19-14)5-17-15(22-13)21-11(6-23)7-24/h1-5,8,11,23-24H,6-7H2,(H,17,21,22)(H,18,19,20). The third-order valence-corrected chi connectivity index (χ3v) is 3.73. The van der Waals surface area contributed by atoms with Gasteiger partial charge in [-0.15, -0.1) is 0 Å². The number of aliphatic hydroxyl groups excluding tert-OH is 2. The summed E-state index contributed by atoms with van der Waals surface area (Å²) in [4.78, 5) is 16.9. The molecule has 8 nitrogen and oxygen atoms in total. The molecule has 0 fully saturated rings. The molecule has 4 N–H and O–H groups in total. The van der Waals surface area contributed by atoms with E-state index in [1.807, 2.05) is 24.3 Å². The molecular formula is C15H15BrN6O2. The lowest BCUT2D eigenvalue weighted by molar-refractivity contribution is 0.203. The van der Waals surface area contributed by atoms with E-state index in [1.165, 1.54) is 6.33 Å². The van der Waals surface area contributed by atoms with Crippen LogP contribution in [-0.4, -0.2) is 49.4 Å². The van der Waals surface area contributed by atoms with Gasteiger partial charge >= 0.3 is 0 Å². The van der Waals surface area contributed by atoms with Crippen LogP contribution < -0.4 is 10.6 Å². The Kier molecular flexibility index (Phi) is 5.14. The smallest absolute Gasteiger partial charge is 0.223 e. The van der Waals surface area contributed by atoms with Crippen molar-refractivity contribution in [1.29, 1.82) is 0 Å². The largest absolute Gasteiger partial charge is 0.394 e. The van der Waals surface area contributed by atoms with Gasteiger partial charge in [-0.2, -0.15) is 0 Å². The molecule has 0 saturated heterocycles. The molecule has 1 aromatic carbocycles. The Labute approximate surface area is 146 Å². The third-order valence-electron chi connectivity index (χ3n) is 3.24. The van der Waals surface area contributed by atoms with Gasteiger partial charge in [0, 0.05) is 10.2 Å². The molecule has 0 saturated carbocycles. The van der Waals surface area contributed by atoms with Crippen molar-refractivity contribution >= 4 is 44.4 Å². The van der Waals surface area contributed by atoms with Crippen molar-refractivity contribution in [3.05, 3.63) is 41.3 Å². The number of rotatable bonds is 6. The first-order valence-corrected chi connectivity index (χ1v) is 7.97. The molecule has 24 heavy (non-hydrogen) atoms. The van der Waals surface area contributed by atoms with Gasteiger partial charge in [0.2, 0.25) is 5.95 Å². The summed E-state index contributed by atoms with van der Waals surface area (Å²) in [5.41, 5.74) is 1.96. The number of fused-ring (bicyclic) bond motifs is 1. The van der Waals surface area contributed by atoms with Crippen LogP contribution in [0.1, 0.15) is 0 Å². The van der Waals surface area contributed by atoms with Crippen LogP contribution >= 0.6 is 15.9 Å². The molecule has 0 unspecified atom stereocenters. The predicted molar refractivity (Wildman–Crippen MR) is 94.1 cm³/mol. The van der Waals surface area contributed by atoms with Gasteiger partial charge in [-0.05, 0) is 18.2 Å². The van der Waals surface area contributed by atoms with E-state index in [4.69, 9.17) is 10.2 Å². The summed E-state index contributed by atoms with van der Waals surface area (Å²) < 4.78 is 0.941. The van der Waals surface area contributed by atoms with Crippen LogP contribution in [0.5, 0.6) is 0 Å². The Hall–Kier alpha value is -2.36. The number of hydrogen-bond acceptors (Lipinski definition) is 8. The molecule has 0 spiro atoms. The number of halogens is 1. The van der Waals surface area contributed by atoms with Gasteiger partial charge in [0.25, 0.3) is 0 Å². The van der Waals surface area contributed by atoms with Gasteiger partial charge < -0.3 is 20.8 Å². The second kappa shape index (κ2) is 7.47. The predicted octanol–water partition coefficient (Wildman–Crippen LogP) is 1.69. The van der Waals surface area contributed by atoms with Gasteiger partial charge in [0.15, 0.2) is 5.82 Å². The highest BCUT2D eigenvalue weighted by molar-refractivity contribution is 9.10. The van der Waals surface area contributed by atoms with E-state index in [0.29, 0.717) is 16.9 Å². The fourth-order valence-electron chi connectivity index (χ4n) is 2.05. The van der Waals surface area contributed by atoms with Crippen LogP contribution in [0.4, 0.5) is 17.5 Å². The van der Waals surface area contributed by atoms with Crippen molar-refractivity contribution in [2.75, 3.05) is 23.8 Å². The lowest BCUT2D eigenvalue weighted by atomic mass is 10.3. The van der Waals surface area contributed by atoms with Gasteiger partial charge in [-0.3, -0.25) is 0 Å². The second-order valence-electron chi connectivity index (χ2n) is 4.99. The van der Waals surface area contributed by atoms with Crippen LogP contribution in [0.25, 0.3) is 11.0 Å². The molecular weight excluding hydrogens is 376 g/mol. The normalized spacial score (nSPS) is 11.0. The van der Waals surface area contributed by atoms with E-state index in [-0.39, 0.29) is 19.2 Å². The number of nitrogens with zero attached hydrogens (tertiary/aromatic N) is 4. The fourth-order valence-corrected chi connectivity index (χ4v) is 2.45. The molecule has 3 rings (SSSR count). The minimum Gasteiger partial charge on any atom is -0.394 e. The van der Waals surface area contributed by atoms with Crippen LogP contribution in [0.15, 0.2) is 41.3 Å². The van der Waals surface area contributed by atoms with Crippen LogP contribution in [-0.2, 0) is 0 Å². The molecule has 0 aliphatic carbocycles. The lowest BCUT2D eigenvalue weighted by Gasteiger charge is -2.14. The number of hydrogen-bond donors (Lipinski definition) is 4. The van der Waals surface area contributed by atoms with Crippen molar-refractivity contribution in [3.63, 3.8) is 0 Å². The number of anilines is 3. The number of aliphatic hydroxyl groups is 2. The first kappa shape index (κ1) is 16.5. The summed E-state index contributed by atoms with van der Waals surface area (Å²) in [5.74, 6) is 0.816. The zero-order chi connectivity index (χ0) is 16.9. The molecule has 2 aromatic heterocycles. The molecule has 0 aliphatic rings. The Morgan fingerprint density at radius 2 is 1.96 bits per heavy atom. The zero-order valence-corrected chi connectivity index (χ0v) is 14.1. The third kappa shape index (κ3) is 3.75. The summed E-state index contributed by atoms with van der Waals surface area (Å²) in [6, 6.07) is 7.13. The molecule has 0 amide bonds. The zero-order valence-electron chi connectivity index (χ0n) is 12.5. The maximum Gasteiger partial charge on any atom is 0.223 e. The average Bonchev–Trinajstić information content (AvgIpc) is 2.60. The van der Waals surface area contributed by atoms with Crippen molar-refractivity contribution in [1.82, 2.24) is 19.9 Å². The van der Waals surface area contributed by atoms with Gasteiger partial charge in [0.05, 0.1) is 25.5 Å². The van der Waals surface area contributed by atoms with Crippen molar-refractivity contribution in [2.45, 2.75) is 6.04 Å². The van der Waals surface area contributed by atoms with E-state index in [0.717, 1.165) is 10.2 Å². The highest BCUT2D eigenvalue weighted by Gasteiger charge is 2.11. The van der Waals surface area contributed by atoms with Gasteiger partial charge in [-0.25, -0.2) is 19.9 Å². The second-order valence-corrected chi connectivity index (χ2v) is 5.91. The van der Waals surface area contributed by atoms with E-state index >= 15 is 0 Å². The maximum absolute atomic E-state index is 9.16. The molecule has 3 aromatic rings. The van der Waals surface area contributed by atoms with E-state index < -0.39 is 6.04 Å². The van der Waals surface area contributed by atoms with E-state index in [2.05, 4.69) is 46.5 Å². The first-order chi connectivity index (χ1) is 11.7. The topological polar surface area (TPSA) is 116 Å². The Morgan fingerprint density at radius 3 is 2.71 bits per heavy atom. The van der Waals surface area contributed by atoms with Gasteiger partial charge in [0.1, 0.15) is 17.4 Å². The molecule has 124 valence electrons. The highest BCUT2D eigenvalue weighted by atomic mass is 79.9. The van der Waals surface area contributed by atoms with Crippen molar-refractivity contribution in [2.24, 2.45) is 0 Å². The maximum atomic E-state index is 9.16. The summed E-state index contributed by atoms with van der Waals surface area (Å²) in [5, 5.41) is 24.4. The minimum absolute atomic E-state index is 0.230. The van der Waals surface area contributed by atoms with Gasteiger partial charge in [-0.1, -0.05) is 22.0 Å².